The fourth-order valence-corrected chi connectivity index (χ4v) is 5.10. The van der Waals surface area contributed by atoms with Gasteiger partial charge in [-0.3, -0.25) is 0 Å². The largest absolute Gasteiger partial charge is 0.302 e. The molecule has 2 bridgehead atoms. The number of nitrogens with zero attached hydrogens (tertiary/aromatic N) is 1. The number of benzene rings is 2. The van der Waals surface area contributed by atoms with E-state index < -0.39 is 0 Å². The van der Waals surface area contributed by atoms with Gasteiger partial charge in [-0.2, -0.15) is 0 Å². The first kappa shape index (κ1) is 15.2. The van der Waals surface area contributed by atoms with Crippen LogP contribution in [0, 0.1) is 16.7 Å². The molecule has 1 saturated carbocycles. The average Bonchev–Trinajstić information content (AvgIpc) is 2.68. The molecule has 2 fully saturated rings. The molecule has 0 spiro atoms. The fourth-order valence-electron chi connectivity index (χ4n) is 5.10. The van der Waals surface area contributed by atoms with Crippen molar-refractivity contribution in [2.75, 3.05) is 19.6 Å². The van der Waals surface area contributed by atoms with Gasteiger partial charge in [-0.25, -0.2) is 0 Å². The molecule has 1 unspecified atom stereocenters. The highest BCUT2D eigenvalue weighted by molar-refractivity contribution is 5.85. The standard InChI is InChI=1S/C22H29N/c1-21(2)19-11-13-22(21,3)16-23(15-19)14-12-18-9-6-8-17-7-4-5-10-20(17)18/h4-10,19H,11-16H2,1-3H3/t19?,22-/m0/s1. The number of likely N-dealkylation sites (tertiary alicyclic amines) is 1. The third-order valence-corrected chi connectivity index (χ3v) is 7.25. The lowest BCUT2D eigenvalue weighted by Gasteiger charge is -2.50. The molecular formula is C22H29N. The quantitative estimate of drug-likeness (QED) is 0.759. The van der Waals surface area contributed by atoms with E-state index in [1.165, 1.54) is 55.2 Å². The second-order valence-corrected chi connectivity index (χ2v) is 8.64. The lowest BCUT2D eigenvalue weighted by atomic mass is 9.63. The molecule has 1 saturated heterocycles. The number of rotatable bonds is 3. The Hall–Kier alpha value is -1.34. The predicted octanol–water partition coefficient (Wildman–Crippen LogP) is 5.14. The molecule has 1 nitrogen and oxygen atoms in total. The third kappa shape index (κ3) is 2.41. The first-order valence-electron chi connectivity index (χ1n) is 9.19. The highest BCUT2D eigenvalue weighted by Crippen LogP contribution is 2.58. The molecule has 1 aliphatic carbocycles. The molecule has 4 rings (SSSR count). The van der Waals surface area contributed by atoms with Gasteiger partial charge in [0.1, 0.15) is 0 Å². The van der Waals surface area contributed by atoms with E-state index in [0.29, 0.717) is 10.8 Å². The molecule has 2 aliphatic rings. The summed E-state index contributed by atoms with van der Waals surface area (Å²) >= 11 is 0. The van der Waals surface area contributed by atoms with E-state index >= 15 is 0 Å². The lowest BCUT2D eigenvalue weighted by Crippen LogP contribution is -2.52. The maximum absolute atomic E-state index is 2.74. The number of fused-ring (bicyclic) bond motifs is 3. The van der Waals surface area contributed by atoms with Crippen LogP contribution in [0.2, 0.25) is 0 Å². The summed E-state index contributed by atoms with van der Waals surface area (Å²) in [6.45, 7) is 11.3. The molecule has 0 radical (unpaired) electrons. The molecule has 1 aliphatic heterocycles. The summed E-state index contributed by atoms with van der Waals surface area (Å²) in [5.74, 6) is 0.883. The van der Waals surface area contributed by atoms with Gasteiger partial charge < -0.3 is 4.90 Å². The zero-order chi connectivity index (χ0) is 16.1. The zero-order valence-electron chi connectivity index (χ0n) is 14.8. The van der Waals surface area contributed by atoms with Gasteiger partial charge in [0, 0.05) is 19.6 Å². The summed E-state index contributed by atoms with van der Waals surface area (Å²) < 4.78 is 0. The number of hydrogen-bond acceptors (Lipinski definition) is 1. The molecule has 0 aromatic heterocycles. The van der Waals surface area contributed by atoms with Crippen LogP contribution in [0.4, 0.5) is 0 Å². The maximum Gasteiger partial charge on any atom is 0.00408 e. The summed E-state index contributed by atoms with van der Waals surface area (Å²) in [6.07, 6.45) is 4.01. The van der Waals surface area contributed by atoms with Crippen LogP contribution in [-0.2, 0) is 6.42 Å². The van der Waals surface area contributed by atoms with Crippen LogP contribution in [0.3, 0.4) is 0 Å². The van der Waals surface area contributed by atoms with Crippen molar-refractivity contribution in [3.05, 3.63) is 48.0 Å². The minimum atomic E-state index is 0.509. The molecule has 1 heterocycles. The average molecular weight is 307 g/mol. The highest BCUT2D eigenvalue weighted by atomic mass is 15.2. The minimum absolute atomic E-state index is 0.509. The molecule has 122 valence electrons. The second kappa shape index (κ2) is 5.34. The van der Waals surface area contributed by atoms with Crippen molar-refractivity contribution in [1.29, 1.82) is 0 Å². The van der Waals surface area contributed by atoms with E-state index in [1.807, 2.05) is 0 Å². The predicted molar refractivity (Wildman–Crippen MR) is 98.7 cm³/mol. The summed E-state index contributed by atoms with van der Waals surface area (Å²) in [4.78, 5) is 2.74. The van der Waals surface area contributed by atoms with Gasteiger partial charge in [-0.05, 0) is 52.3 Å². The Morgan fingerprint density at radius 3 is 2.65 bits per heavy atom. The van der Waals surface area contributed by atoms with Gasteiger partial charge in [0.25, 0.3) is 0 Å². The van der Waals surface area contributed by atoms with Gasteiger partial charge in [0.15, 0.2) is 0 Å². The van der Waals surface area contributed by atoms with Crippen LogP contribution in [0.15, 0.2) is 42.5 Å². The van der Waals surface area contributed by atoms with E-state index in [-0.39, 0.29) is 0 Å². The van der Waals surface area contributed by atoms with E-state index in [9.17, 15) is 0 Å². The normalized spacial score (nSPS) is 30.0. The van der Waals surface area contributed by atoms with Crippen molar-refractivity contribution in [3.8, 4) is 0 Å². The lowest BCUT2D eigenvalue weighted by molar-refractivity contribution is -0.0169. The van der Waals surface area contributed by atoms with Crippen molar-refractivity contribution in [1.82, 2.24) is 4.90 Å². The summed E-state index contributed by atoms with van der Waals surface area (Å²) in [5, 5.41) is 2.80. The number of piperidine rings is 1. The Labute approximate surface area is 140 Å². The van der Waals surface area contributed by atoms with Crippen molar-refractivity contribution in [3.63, 3.8) is 0 Å². The maximum atomic E-state index is 2.74. The number of hydrogen-bond donors (Lipinski definition) is 0. The second-order valence-electron chi connectivity index (χ2n) is 8.64. The molecule has 1 heteroatoms. The van der Waals surface area contributed by atoms with Crippen molar-refractivity contribution < 1.29 is 0 Å². The Morgan fingerprint density at radius 2 is 1.83 bits per heavy atom. The Morgan fingerprint density at radius 1 is 1.04 bits per heavy atom. The van der Waals surface area contributed by atoms with E-state index in [1.54, 1.807) is 0 Å². The summed E-state index contributed by atoms with van der Waals surface area (Å²) in [5.41, 5.74) is 2.53. The van der Waals surface area contributed by atoms with Crippen LogP contribution in [0.1, 0.15) is 39.2 Å². The first-order valence-corrected chi connectivity index (χ1v) is 9.19. The highest BCUT2D eigenvalue weighted by Gasteiger charge is 2.55. The van der Waals surface area contributed by atoms with Crippen LogP contribution < -0.4 is 0 Å². The fraction of sp³-hybridized carbons (Fsp3) is 0.545. The van der Waals surface area contributed by atoms with Crippen molar-refractivity contribution in [2.24, 2.45) is 16.7 Å². The van der Waals surface area contributed by atoms with E-state index in [0.717, 1.165) is 5.92 Å². The summed E-state index contributed by atoms with van der Waals surface area (Å²) in [6, 6.07) is 15.5. The van der Waals surface area contributed by atoms with Crippen molar-refractivity contribution in [2.45, 2.75) is 40.0 Å². The SMILES string of the molecule is CC1(C)C2CC[C@@]1(C)CN(CCc1cccc3ccccc13)C2. The van der Waals surface area contributed by atoms with Gasteiger partial charge in [-0.15, -0.1) is 0 Å². The molecule has 0 N–H and O–H groups in total. The van der Waals surface area contributed by atoms with Gasteiger partial charge >= 0.3 is 0 Å². The van der Waals surface area contributed by atoms with Gasteiger partial charge in [-0.1, -0.05) is 63.2 Å². The molecule has 0 amide bonds. The molecular weight excluding hydrogens is 278 g/mol. The summed E-state index contributed by atoms with van der Waals surface area (Å²) in [7, 11) is 0. The van der Waals surface area contributed by atoms with E-state index in [4.69, 9.17) is 0 Å². The molecule has 2 aromatic carbocycles. The molecule has 2 aromatic rings. The first-order chi connectivity index (χ1) is 11.0. The zero-order valence-corrected chi connectivity index (χ0v) is 14.8. The topological polar surface area (TPSA) is 3.24 Å². The Bertz CT molecular complexity index is 711. The Balaban J connectivity index is 1.50. The minimum Gasteiger partial charge on any atom is -0.302 e. The van der Waals surface area contributed by atoms with Gasteiger partial charge in [0.2, 0.25) is 0 Å². The molecule has 23 heavy (non-hydrogen) atoms. The van der Waals surface area contributed by atoms with E-state index in [2.05, 4.69) is 68.1 Å². The third-order valence-electron chi connectivity index (χ3n) is 7.25. The van der Waals surface area contributed by atoms with Crippen LogP contribution in [-0.4, -0.2) is 24.5 Å². The monoisotopic (exact) mass is 307 g/mol. The molecule has 2 atom stereocenters. The van der Waals surface area contributed by atoms with Crippen LogP contribution in [0.25, 0.3) is 10.8 Å². The smallest absolute Gasteiger partial charge is 0.00408 e. The van der Waals surface area contributed by atoms with Gasteiger partial charge in [0.05, 0.1) is 0 Å². The Kier molecular flexibility index (Phi) is 3.53. The van der Waals surface area contributed by atoms with Crippen LogP contribution >= 0.6 is 0 Å². The van der Waals surface area contributed by atoms with Crippen molar-refractivity contribution >= 4 is 10.8 Å². The van der Waals surface area contributed by atoms with Crippen LogP contribution in [0.5, 0.6) is 0 Å².